The zero-order valence-electron chi connectivity index (χ0n) is 12.6. The zero-order chi connectivity index (χ0) is 17.2. The second-order valence-corrected chi connectivity index (χ2v) is 8.44. The minimum absolute atomic E-state index is 0.00183. The number of ether oxygens (including phenoxy) is 1. The largest absolute Gasteiger partial charge is 0.497 e. The van der Waals surface area contributed by atoms with Gasteiger partial charge in [-0.2, -0.15) is 4.31 Å². The lowest BCUT2D eigenvalue weighted by molar-refractivity contribution is -0.140. The number of thioether (sulfide) groups is 1. The van der Waals surface area contributed by atoms with Gasteiger partial charge in [-0.3, -0.25) is 9.59 Å². The van der Waals surface area contributed by atoms with Gasteiger partial charge in [0.2, 0.25) is 10.0 Å². The first kappa shape index (κ1) is 17.8. The van der Waals surface area contributed by atoms with Gasteiger partial charge in [0.1, 0.15) is 11.8 Å². The second-order valence-electron chi connectivity index (χ2n) is 5.07. The lowest BCUT2D eigenvalue weighted by Gasteiger charge is -2.21. The Morgan fingerprint density at radius 3 is 2.39 bits per heavy atom. The first-order valence-electron chi connectivity index (χ1n) is 6.81. The van der Waals surface area contributed by atoms with Crippen LogP contribution in [0.15, 0.2) is 29.2 Å². The third-order valence-corrected chi connectivity index (χ3v) is 6.40. The van der Waals surface area contributed by atoms with Crippen LogP contribution in [0, 0.1) is 0 Å². The van der Waals surface area contributed by atoms with Gasteiger partial charge in [0, 0.05) is 18.7 Å². The van der Waals surface area contributed by atoms with Crippen molar-refractivity contribution in [1.29, 1.82) is 0 Å². The first-order chi connectivity index (χ1) is 10.8. The predicted octanol–water partition coefficient (Wildman–Crippen LogP) is 1.19. The van der Waals surface area contributed by atoms with Crippen LogP contribution < -0.4 is 4.74 Å². The van der Waals surface area contributed by atoms with Crippen molar-refractivity contribution >= 4 is 32.9 Å². The van der Waals surface area contributed by atoms with E-state index in [1.165, 1.54) is 38.3 Å². The molecule has 2 atom stereocenters. The highest BCUT2D eigenvalue weighted by Crippen LogP contribution is 2.33. The van der Waals surface area contributed by atoms with Crippen molar-refractivity contribution in [2.24, 2.45) is 0 Å². The number of carbonyl (C=O) groups excluding carboxylic acids is 1. The summed E-state index contributed by atoms with van der Waals surface area (Å²) in [7, 11) is -2.49. The van der Waals surface area contributed by atoms with Gasteiger partial charge in [-0.15, -0.1) is 0 Å². The molecule has 0 bridgehead atoms. The number of methoxy groups -OCH3 is 1. The van der Waals surface area contributed by atoms with Crippen molar-refractivity contribution in [2.45, 2.75) is 29.5 Å². The lowest BCUT2D eigenvalue weighted by Crippen LogP contribution is -2.40. The molecule has 7 nitrogen and oxygen atoms in total. The minimum atomic E-state index is -3.95. The van der Waals surface area contributed by atoms with E-state index in [1.807, 2.05) is 0 Å². The topological polar surface area (TPSA) is 101 Å². The molecule has 1 heterocycles. The fourth-order valence-corrected chi connectivity index (χ4v) is 5.18. The van der Waals surface area contributed by atoms with Crippen molar-refractivity contribution < 1.29 is 27.9 Å². The maximum atomic E-state index is 12.7. The summed E-state index contributed by atoms with van der Waals surface area (Å²) in [4.78, 5) is 22.6. The smallest absolute Gasteiger partial charge is 0.322 e. The summed E-state index contributed by atoms with van der Waals surface area (Å²) in [5.74, 6) is -0.709. The number of sulfonamides is 1. The highest BCUT2D eigenvalue weighted by Gasteiger charge is 2.44. The Morgan fingerprint density at radius 1 is 1.30 bits per heavy atom. The molecular weight excluding hydrogens is 342 g/mol. The van der Waals surface area contributed by atoms with Gasteiger partial charge in [0.05, 0.1) is 12.0 Å². The van der Waals surface area contributed by atoms with Crippen molar-refractivity contribution in [3.05, 3.63) is 24.3 Å². The van der Waals surface area contributed by atoms with Crippen molar-refractivity contribution in [2.75, 3.05) is 13.7 Å². The third kappa shape index (κ3) is 3.85. The Kier molecular flexibility index (Phi) is 5.33. The highest BCUT2D eigenvalue weighted by atomic mass is 32.2. The molecule has 2 unspecified atom stereocenters. The lowest BCUT2D eigenvalue weighted by atomic mass is 10.2. The average molecular weight is 359 g/mol. The number of carboxylic acids is 1. The Bertz CT molecular complexity index is 700. The SMILES string of the molecule is COc1ccc(S(=O)(=O)N2CC(SC(C)=O)CC2C(=O)O)cc1. The van der Waals surface area contributed by atoms with Crippen molar-refractivity contribution in [3.8, 4) is 5.75 Å². The molecule has 0 radical (unpaired) electrons. The molecule has 1 aromatic rings. The summed E-state index contributed by atoms with van der Waals surface area (Å²) in [5.41, 5.74) is 0. The molecule has 1 saturated heterocycles. The van der Waals surface area contributed by atoms with E-state index in [2.05, 4.69) is 0 Å². The Morgan fingerprint density at radius 2 is 1.91 bits per heavy atom. The maximum absolute atomic E-state index is 12.7. The monoisotopic (exact) mass is 359 g/mol. The molecule has 23 heavy (non-hydrogen) atoms. The summed E-state index contributed by atoms with van der Waals surface area (Å²) >= 11 is 0.976. The van der Waals surface area contributed by atoms with Crippen molar-refractivity contribution in [1.82, 2.24) is 4.31 Å². The molecule has 0 saturated carbocycles. The van der Waals surface area contributed by atoms with Gasteiger partial charge in [-0.05, 0) is 30.7 Å². The Hall–Kier alpha value is -1.58. The molecule has 0 aliphatic carbocycles. The Labute approximate surface area is 138 Å². The number of benzene rings is 1. The summed E-state index contributed by atoms with van der Waals surface area (Å²) < 4.78 is 31.4. The van der Waals surface area contributed by atoms with Gasteiger partial charge in [0.25, 0.3) is 0 Å². The summed E-state index contributed by atoms with van der Waals surface area (Å²) in [6.07, 6.45) is 0.106. The number of rotatable bonds is 5. The standard InChI is InChI=1S/C14H17NO6S2/c1-9(16)22-11-7-13(14(17)18)15(8-11)23(19,20)12-5-3-10(21-2)4-6-12/h3-6,11,13H,7-8H2,1-2H3,(H,17,18). The first-order valence-corrected chi connectivity index (χ1v) is 9.13. The molecule has 126 valence electrons. The van der Waals surface area contributed by atoms with E-state index in [4.69, 9.17) is 4.74 Å². The van der Waals surface area contributed by atoms with Crippen LogP contribution in [0.25, 0.3) is 0 Å². The third-order valence-electron chi connectivity index (χ3n) is 3.50. The van der Waals surface area contributed by atoms with E-state index in [9.17, 15) is 23.1 Å². The van der Waals surface area contributed by atoms with Gasteiger partial charge in [0.15, 0.2) is 5.12 Å². The van der Waals surface area contributed by atoms with E-state index in [0.717, 1.165) is 16.1 Å². The predicted molar refractivity (Wildman–Crippen MR) is 85.0 cm³/mol. The normalized spacial score (nSPS) is 22.0. The van der Waals surface area contributed by atoms with Crippen molar-refractivity contribution in [3.63, 3.8) is 0 Å². The minimum Gasteiger partial charge on any atom is -0.497 e. The number of hydrogen-bond donors (Lipinski definition) is 1. The maximum Gasteiger partial charge on any atom is 0.322 e. The van der Waals surface area contributed by atoms with E-state index in [-0.39, 0.29) is 28.2 Å². The number of aliphatic carboxylic acids is 1. The van der Waals surface area contributed by atoms with E-state index >= 15 is 0 Å². The fraction of sp³-hybridized carbons (Fsp3) is 0.429. The van der Waals surface area contributed by atoms with Gasteiger partial charge in [-0.1, -0.05) is 11.8 Å². The quantitative estimate of drug-likeness (QED) is 0.842. The summed E-state index contributed by atoms with van der Waals surface area (Å²) in [5, 5.41) is 8.78. The molecule has 1 N–H and O–H groups in total. The molecule has 9 heteroatoms. The van der Waals surface area contributed by atoms with Crippen LogP contribution in [0.4, 0.5) is 0 Å². The molecular formula is C14H17NO6S2. The van der Waals surface area contributed by atoms with Crippen LogP contribution in [0.3, 0.4) is 0 Å². The van der Waals surface area contributed by atoms with Crippen LogP contribution in [0.5, 0.6) is 5.75 Å². The molecule has 1 aromatic carbocycles. The van der Waals surface area contributed by atoms with Crippen LogP contribution in [-0.4, -0.2) is 53.9 Å². The number of nitrogens with zero attached hydrogens (tertiary/aromatic N) is 1. The van der Waals surface area contributed by atoms with E-state index in [1.54, 1.807) is 0 Å². The Balaban J connectivity index is 2.31. The zero-order valence-corrected chi connectivity index (χ0v) is 14.3. The molecule has 0 spiro atoms. The summed E-state index contributed by atoms with van der Waals surface area (Å²) in [6, 6.07) is 4.58. The second kappa shape index (κ2) is 6.90. The summed E-state index contributed by atoms with van der Waals surface area (Å²) in [6.45, 7) is 1.37. The molecule has 0 amide bonds. The average Bonchev–Trinajstić information content (AvgIpc) is 2.91. The van der Waals surface area contributed by atoms with E-state index < -0.39 is 22.0 Å². The number of hydrogen-bond acceptors (Lipinski definition) is 6. The van der Waals surface area contributed by atoms with Crippen LogP contribution >= 0.6 is 11.8 Å². The molecule has 1 aliphatic rings. The van der Waals surface area contributed by atoms with Crippen LogP contribution in [0.1, 0.15) is 13.3 Å². The number of carboxylic acid groups (broad SMARTS) is 1. The van der Waals surface area contributed by atoms with Crippen LogP contribution in [-0.2, 0) is 19.6 Å². The molecule has 1 fully saturated rings. The van der Waals surface area contributed by atoms with E-state index in [0.29, 0.717) is 5.75 Å². The van der Waals surface area contributed by atoms with Crippen LogP contribution in [0.2, 0.25) is 0 Å². The number of carbonyl (C=O) groups is 2. The molecule has 2 rings (SSSR count). The van der Waals surface area contributed by atoms with Gasteiger partial charge in [-0.25, -0.2) is 8.42 Å². The molecule has 1 aliphatic heterocycles. The molecule has 0 aromatic heterocycles. The highest BCUT2D eigenvalue weighted by molar-refractivity contribution is 8.14. The van der Waals surface area contributed by atoms with Gasteiger partial charge >= 0.3 is 5.97 Å². The fourth-order valence-electron chi connectivity index (χ4n) is 2.46. The van der Waals surface area contributed by atoms with Gasteiger partial charge < -0.3 is 9.84 Å².